The Balaban J connectivity index is 2.25. The van der Waals surface area contributed by atoms with Crippen molar-refractivity contribution in [3.05, 3.63) is 33.8 Å². The van der Waals surface area contributed by atoms with Gasteiger partial charge in [-0.25, -0.2) is 4.79 Å². The summed E-state index contributed by atoms with van der Waals surface area (Å²) in [4.78, 5) is 11.8. The number of nitrogens with two attached hydrogens (primary N) is 1. The Bertz CT molecular complexity index is 476. The van der Waals surface area contributed by atoms with E-state index in [1.54, 1.807) is 12.4 Å². The van der Waals surface area contributed by atoms with Gasteiger partial charge >= 0.3 is 5.97 Å². The number of hydrogen-bond acceptors (Lipinski definition) is 4. The van der Waals surface area contributed by atoms with Crippen molar-refractivity contribution in [1.82, 2.24) is 10.2 Å². The molecule has 5 nitrogen and oxygen atoms in total. The third-order valence-corrected chi connectivity index (χ3v) is 3.11. The van der Waals surface area contributed by atoms with Gasteiger partial charge in [-0.3, -0.25) is 5.10 Å². The summed E-state index contributed by atoms with van der Waals surface area (Å²) in [7, 11) is 0. The average molecular weight is 223 g/mol. The summed E-state index contributed by atoms with van der Waals surface area (Å²) in [6.07, 6.45) is 4.07. The molecule has 2 aromatic rings. The maximum atomic E-state index is 10.7. The number of H-pyrrole nitrogens is 1. The van der Waals surface area contributed by atoms with Crippen LogP contribution in [0.4, 0.5) is 5.69 Å². The molecular weight excluding hydrogens is 214 g/mol. The predicted molar refractivity (Wildman–Crippen MR) is 57.1 cm³/mol. The number of hydrogen-bond donors (Lipinski definition) is 3. The van der Waals surface area contributed by atoms with Crippen LogP contribution in [0.3, 0.4) is 0 Å². The second-order valence-electron chi connectivity index (χ2n) is 3.08. The first-order chi connectivity index (χ1) is 7.16. The van der Waals surface area contributed by atoms with Crippen LogP contribution in [0.2, 0.25) is 0 Å². The number of nitrogens with zero attached hydrogens (tertiary/aromatic N) is 1. The molecule has 4 N–H and O–H groups in total. The fourth-order valence-electron chi connectivity index (χ4n) is 1.25. The molecule has 0 fully saturated rings. The van der Waals surface area contributed by atoms with Gasteiger partial charge in [0.1, 0.15) is 4.88 Å². The third kappa shape index (κ3) is 1.99. The summed E-state index contributed by atoms with van der Waals surface area (Å²) in [5, 5.41) is 15.3. The van der Waals surface area contributed by atoms with E-state index in [4.69, 9.17) is 10.8 Å². The Morgan fingerprint density at radius 3 is 3.00 bits per heavy atom. The zero-order valence-electron chi connectivity index (χ0n) is 7.73. The second kappa shape index (κ2) is 3.74. The quantitative estimate of drug-likeness (QED) is 0.732. The number of carboxylic acid groups (broad SMARTS) is 1. The van der Waals surface area contributed by atoms with Gasteiger partial charge in [-0.15, -0.1) is 11.3 Å². The molecule has 0 aliphatic heterocycles. The molecule has 0 aromatic carbocycles. The number of rotatable bonds is 3. The van der Waals surface area contributed by atoms with Crippen LogP contribution in [0.1, 0.15) is 20.1 Å². The summed E-state index contributed by atoms with van der Waals surface area (Å²) < 4.78 is 0. The van der Waals surface area contributed by atoms with E-state index in [2.05, 4.69) is 10.2 Å². The van der Waals surface area contributed by atoms with Crippen LogP contribution in [0.25, 0.3) is 0 Å². The molecule has 15 heavy (non-hydrogen) atoms. The second-order valence-corrected chi connectivity index (χ2v) is 4.21. The Labute approximate surface area is 89.6 Å². The van der Waals surface area contributed by atoms with Gasteiger partial charge in [0.2, 0.25) is 0 Å². The lowest BCUT2D eigenvalue weighted by atomic mass is 10.2. The van der Waals surface area contributed by atoms with Gasteiger partial charge in [0.25, 0.3) is 0 Å². The zero-order valence-corrected chi connectivity index (χ0v) is 8.54. The lowest BCUT2D eigenvalue weighted by Gasteiger charge is -1.94. The number of nitrogen functional groups attached to an aromatic ring is 1. The van der Waals surface area contributed by atoms with Gasteiger partial charge < -0.3 is 10.8 Å². The molecule has 0 spiro atoms. The number of carbonyl (C=O) groups is 1. The van der Waals surface area contributed by atoms with Crippen LogP contribution in [0.5, 0.6) is 0 Å². The minimum atomic E-state index is -0.940. The first kappa shape index (κ1) is 9.72. The summed E-state index contributed by atoms with van der Waals surface area (Å²) in [6, 6.07) is 1.49. The number of aromatic nitrogens is 2. The highest BCUT2D eigenvalue weighted by Crippen LogP contribution is 2.26. The summed E-state index contributed by atoms with van der Waals surface area (Å²) in [6.45, 7) is 0. The highest BCUT2D eigenvalue weighted by Gasteiger charge is 2.12. The number of aromatic amines is 1. The lowest BCUT2D eigenvalue weighted by molar-refractivity contribution is 0.0702. The smallest absolute Gasteiger partial charge is 0.345 e. The Morgan fingerprint density at radius 1 is 1.67 bits per heavy atom. The van der Waals surface area contributed by atoms with E-state index in [9.17, 15) is 4.79 Å². The fraction of sp³-hybridized carbons (Fsp3) is 0.111. The van der Waals surface area contributed by atoms with Crippen molar-refractivity contribution in [2.45, 2.75) is 6.42 Å². The highest BCUT2D eigenvalue weighted by atomic mass is 32.1. The molecule has 0 saturated heterocycles. The van der Waals surface area contributed by atoms with Gasteiger partial charge in [0.05, 0.1) is 6.20 Å². The van der Waals surface area contributed by atoms with Gasteiger partial charge in [-0.1, -0.05) is 0 Å². The van der Waals surface area contributed by atoms with Crippen LogP contribution >= 0.6 is 11.3 Å². The van der Waals surface area contributed by atoms with Crippen molar-refractivity contribution in [1.29, 1.82) is 0 Å². The van der Waals surface area contributed by atoms with Crippen LogP contribution < -0.4 is 5.73 Å². The third-order valence-electron chi connectivity index (χ3n) is 1.97. The highest BCUT2D eigenvalue weighted by molar-refractivity contribution is 7.14. The fourth-order valence-corrected chi connectivity index (χ4v) is 2.20. The van der Waals surface area contributed by atoms with Gasteiger partial charge in [0, 0.05) is 23.2 Å². The van der Waals surface area contributed by atoms with E-state index < -0.39 is 5.97 Å². The molecule has 0 atom stereocenters. The predicted octanol–water partition coefficient (Wildman–Crippen LogP) is 1.34. The number of nitrogens with one attached hydrogen (secondary N) is 1. The van der Waals surface area contributed by atoms with E-state index in [0.29, 0.717) is 12.1 Å². The molecule has 0 radical (unpaired) electrons. The van der Waals surface area contributed by atoms with Crippen molar-refractivity contribution in [2.75, 3.05) is 5.73 Å². The van der Waals surface area contributed by atoms with Crippen molar-refractivity contribution in [2.24, 2.45) is 0 Å². The number of anilines is 1. The lowest BCUT2D eigenvalue weighted by Crippen LogP contribution is -1.90. The normalized spacial score (nSPS) is 10.4. The van der Waals surface area contributed by atoms with Gasteiger partial charge in [-0.2, -0.15) is 5.10 Å². The summed E-state index contributed by atoms with van der Waals surface area (Å²) in [5.41, 5.74) is 7.23. The monoisotopic (exact) mass is 223 g/mol. The molecule has 78 valence electrons. The molecule has 6 heteroatoms. The van der Waals surface area contributed by atoms with E-state index in [1.807, 2.05) is 0 Å². The van der Waals surface area contributed by atoms with Crippen molar-refractivity contribution < 1.29 is 9.90 Å². The zero-order chi connectivity index (χ0) is 10.8. The molecule has 0 aliphatic rings. The first-order valence-electron chi connectivity index (χ1n) is 4.26. The maximum absolute atomic E-state index is 10.7. The van der Waals surface area contributed by atoms with E-state index in [0.717, 1.165) is 10.4 Å². The van der Waals surface area contributed by atoms with Crippen molar-refractivity contribution in [3.63, 3.8) is 0 Å². The van der Waals surface area contributed by atoms with E-state index in [-0.39, 0.29) is 4.88 Å². The molecule has 0 aliphatic carbocycles. The number of thiophene rings is 1. The molecule has 0 unspecified atom stereocenters. The topological polar surface area (TPSA) is 92.0 Å². The molecule has 2 heterocycles. The van der Waals surface area contributed by atoms with Crippen LogP contribution in [0, 0.1) is 0 Å². The van der Waals surface area contributed by atoms with Crippen LogP contribution in [-0.2, 0) is 6.42 Å². The van der Waals surface area contributed by atoms with Gasteiger partial charge in [0.15, 0.2) is 0 Å². The Morgan fingerprint density at radius 2 is 2.47 bits per heavy atom. The number of carboxylic acids is 1. The maximum Gasteiger partial charge on any atom is 0.345 e. The number of aromatic carboxylic acids is 1. The largest absolute Gasteiger partial charge is 0.477 e. The van der Waals surface area contributed by atoms with Gasteiger partial charge in [-0.05, 0) is 11.6 Å². The standard InChI is InChI=1S/C9H9N3O2S/c10-6-2-8(9(13)14)15-7(6)1-5-3-11-12-4-5/h2-4H,1,10H2,(H,11,12)(H,13,14). The van der Waals surface area contributed by atoms with Crippen LogP contribution in [0.15, 0.2) is 18.5 Å². The molecule has 2 aromatic heterocycles. The first-order valence-corrected chi connectivity index (χ1v) is 5.07. The Hall–Kier alpha value is -1.82. The van der Waals surface area contributed by atoms with E-state index >= 15 is 0 Å². The van der Waals surface area contributed by atoms with Crippen molar-refractivity contribution >= 4 is 23.0 Å². The summed E-state index contributed by atoms with van der Waals surface area (Å²) >= 11 is 1.20. The molecule has 2 rings (SSSR count). The molecule has 0 bridgehead atoms. The van der Waals surface area contributed by atoms with Crippen molar-refractivity contribution in [3.8, 4) is 0 Å². The molecule has 0 amide bonds. The van der Waals surface area contributed by atoms with E-state index in [1.165, 1.54) is 17.4 Å². The average Bonchev–Trinajstić information content (AvgIpc) is 2.77. The SMILES string of the molecule is Nc1cc(C(=O)O)sc1Cc1cn[nH]c1. The molecular formula is C9H9N3O2S. The minimum Gasteiger partial charge on any atom is -0.477 e. The minimum absolute atomic E-state index is 0.269. The Kier molecular flexibility index (Phi) is 2.42. The van der Waals surface area contributed by atoms with Crippen LogP contribution in [-0.4, -0.2) is 21.3 Å². The molecule has 0 saturated carbocycles. The summed E-state index contributed by atoms with van der Waals surface area (Å²) in [5.74, 6) is -0.940.